The number of ether oxygens (including phenoxy) is 1. The summed E-state index contributed by atoms with van der Waals surface area (Å²) in [7, 11) is 2.25. The number of nitrogens with zero attached hydrogens (tertiary/aromatic N) is 1. The minimum atomic E-state index is -0.161. The molecule has 0 saturated carbocycles. The van der Waals surface area contributed by atoms with E-state index in [2.05, 4.69) is 11.9 Å². The Morgan fingerprint density at radius 3 is 2.58 bits per heavy atom. The van der Waals surface area contributed by atoms with E-state index in [1.165, 1.54) is 31.7 Å². The van der Waals surface area contributed by atoms with E-state index in [-0.39, 0.29) is 5.82 Å². The maximum atomic E-state index is 13.5. The Hall–Kier alpha value is -0.930. The number of rotatable bonds is 4. The van der Waals surface area contributed by atoms with Gasteiger partial charge in [0.15, 0.2) is 0 Å². The summed E-state index contributed by atoms with van der Waals surface area (Å²) in [6.45, 7) is 1.17. The van der Waals surface area contributed by atoms with Gasteiger partial charge in [0.25, 0.3) is 0 Å². The van der Waals surface area contributed by atoms with Gasteiger partial charge in [-0.15, -0.1) is 0 Å². The molecule has 3 atom stereocenters. The minimum Gasteiger partial charge on any atom is -0.376 e. The third kappa shape index (κ3) is 2.82. The predicted octanol–water partition coefficient (Wildman–Crippen LogP) is 3.22. The van der Waals surface area contributed by atoms with Crippen LogP contribution in [0.4, 0.5) is 4.39 Å². The van der Waals surface area contributed by atoms with Crippen LogP contribution in [0, 0.1) is 11.7 Å². The lowest BCUT2D eigenvalue weighted by atomic mass is 9.92. The van der Waals surface area contributed by atoms with E-state index >= 15 is 0 Å². The van der Waals surface area contributed by atoms with Gasteiger partial charge in [-0.1, -0.05) is 18.2 Å². The highest BCUT2D eigenvalue weighted by atomic mass is 19.1. The monoisotopic (exact) mass is 263 g/mol. The fourth-order valence-electron chi connectivity index (χ4n) is 3.61. The average molecular weight is 263 g/mol. The molecule has 19 heavy (non-hydrogen) atoms. The van der Waals surface area contributed by atoms with Crippen molar-refractivity contribution >= 4 is 0 Å². The summed E-state index contributed by atoms with van der Waals surface area (Å²) < 4.78 is 19.2. The van der Waals surface area contributed by atoms with Crippen LogP contribution in [0.1, 0.15) is 31.2 Å². The SMILES string of the molecule is CN1[C@@H]2CC[C@H]1CC(COCc1ccccc1F)C2. The molecule has 0 amide bonds. The van der Waals surface area contributed by atoms with Crippen molar-refractivity contribution in [1.82, 2.24) is 4.90 Å². The minimum absolute atomic E-state index is 0.161. The van der Waals surface area contributed by atoms with Crippen molar-refractivity contribution < 1.29 is 9.13 Å². The molecule has 0 aromatic heterocycles. The van der Waals surface area contributed by atoms with E-state index in [1.807, 2.05) is 6.07 Å². The second-order valence-electron chi connectivity index (χ2n) is 5.99. The first-order valence-electron chi connectivity index (χ1n) is 7.27. The molecule has 2 heterocycles. The van der Waals surface area contributed by atoms with Crippen molar-refractivity contribution in [2.75, 3.05) is 13.7 Å². The highest BCUT2D eigenvalue weighted by Crippen LogP contribution is 2.37. The number of piperidine rings is 1. The number of fused-ring (bicyclic) bond motifs is 2. The topological polar surface area (TPSA) is 12.5 Å². The van der Waals surface area contributed by atoms with Gasteiger partial charge in [0.2, 0.25) is 0 Å². The molecule has 2 fully saturated rings. The van der Waals surface area contributed by atoms with Gasteiger partial charge >= 0.3 is 0 Å². The van der Waals surface area contributed by atoms with Gasteiger partial charge in [0, 0.05) is 24.3 Å². The summed E-state index contributed by atoms with van der Waals surface area (Å²) in [5.74, 6) is 0.492. The molecule has 3 heteroatoms. The van der Waals surface area contributed by atoms with E-state index in [0.29, 0.717) is 18.1 Å². The van der Waals surface area contributed by atoms with Crippen LogP contribution in [-0.2, 0) is 11.3 Å². The fraction of sp³-hybridized carbons (Fsp3) is 0.625. The van der Waals surface area contributed by atoms with E-state index in [1.54, 1.807) is 12.1 Å². The highest BCUT2D eigenvalue weighted by Gasteiger charge is 2.38. The third-order valence-electron chi connectivity index (χ3n) is 4.76. The van der Waals surface area contributed by atoms with Gasteiger partial charge in [-0.25, -0.2) is 4.39 Å². The van der Waals surface area contributed by atoms with Crippen LogP contribution in [0.25, 0.3) is 0 Å². The second-order valence-corrected chi connectivity index (χ2v) is 5.99. The second kappa shape index (κ2) is 5.59. The lowest BCUT2D eigenvalue weighted by Gasteiger charge is -2.36. The van der Waals surface area contributed by atoms with Crippen LogP contribution in [0.15, 0.2) is 24.3 Å². The summed E-state index contributed by atoms with van der Waals surface area (Å²) in [5.41, 5.74) is 0.665. The van der Waals surface area contributed by atoms with Crippen molar-refractivity contribution in [1.29, 1.82) is 0 Å². The molecule has 0 N–H and O–H groups in total. The lowest BCUT2D eigenvalue weighted by Crippen LogP contribution is -2.41. The molecule has 2 saturated heterocycles. The summed E-state index contributed by atoms with van der Waals surface area (Å²) in [5, 5.41) is 0. The average Bonchev–Trinajstić information content (AvgIpc) is 2.64. The van der Waals surface area contributed by atoms with Crippen LogP contribution >= 0.6 is 0 Å². The van der Waals surface area contributed by atoms with Gasteiger partial charge in [-0.2, -0.15) is 0 Å². The molecule has 1 aromatic carbocycles. The third-order valence-corrected chi connectivity index (χ3v) is 4.76. The van der Waals surface area contributed by atoms with Crippen molar-refractivity contribution in [3.63, 3.8) is 0 Å². The van der Waals surface area contributed by atoms with E-state index < -0.39 is 0 Å². The van der Waals surface area contributed by atoms with E-state index in [4.69, 9.17) is 4.74 Å². The largest absolute Gasteiger partial charge is 0.376 e. The molecule has 2 bridgehead atoms. The Morgan fingerprint density at radius 2 is 1.89 bits per heavy atom. The Balaban J connectivity index is 1.48. The lowest BCUT2D eigenvalue weighted by molar-refractivity contribution is 0.0396. The fourth-order valence-corrected chi connectivity index (χ4v) is 3.61. The predicted molar refractivity (Wildman–Crippen MR) is 73.4 cm³/mol. The maximum Gasteiger partial charge on any atom is 0.128 e. The molecule has 104 valence electrons. The van der Waals surface area contributed by atoms with Crippen LogP contribution in [-0.4, -0.2) is 30.6 Å². The van der Waals surface area contributed by atoms with Gasteiger partial charge in [-0.3, -0.25) is 0 Å². The van der Waals surface area contributed by atoms with Gasteiger partial charge in [0.05, 0.1) is 6.61 Å². The normalized spacial score (nSPS) is 30.7. The van der Waals surface area contributed by atoms with E-state index in [0.717, 1.165) is 18.7 Å². The smallest absolute Gasteiger partial charge is 0.128 e. The summed E-state index contributed by atoms with van der Waals surface area (Å²) in [6, 6.07) is 8.37. The number of benzene rings is 1. The molecule has 2 aliphatic rings. The molecule has 1 aromatic rings. The molecule has 2 nitrogen and oxygen atoms in total. The number of hydrogen-bond acceptors (Lipinski definition) is 2. The van der Waals surface area contributed by atoms with Crippen molar-refractivity contribution in [2.45, 2.75) is 44.4 Å². The Bertz CT molecular complexity index is 423. The Kier molecular flexibility index (Phi) is 3.85. The van der Waals surface area contributed by atoms with Crippen LogP contribution in [0.5, 0.6) is 0 Å². The van der Waals surface area contributed by atoms with Crippen LogP contribution in [0.2, 0.25) is 0 Å². The quantitative estimate of drug-likeness (QED) is 0.827. The van der Waals surface area contributed by atoms with Crippen molar-refractivity contribution in [3.8, 4) is 0 Å². The van der Waals surface area contributed by atoms with Crippen molar-refractivity contribution in [3.05, 3.63) is 35.6 Å². The van der Waals surface area contributed by atoms with Crippen LogP contribution < -0.4 is 0 Å². The maximum absolute atomic E-state index is 13.5. The first kappa shape index (κ1) is 13.1. The standard InChI is InChI=1S/C16H22FNO/c1-18-14-6-7-15(18)9-12(8-14)10-19-11-13-4-2-3-5-16(13)17/h2-5,12,14-15H,6-11H2,1H3/t12?,14-,15+. The molecule has 1 unspecified atom stereocenters. The molecular weight excluding hydrogens is 241 g/mol. The highest BCUT2D eigenvalue weighted by molar-refractivity contribution is 5.16. The number of hydrogen-bond donors (Lipinski definition) is 0. The zero-order valence-electron chi connectivity index (χ0n) is 11.5. The Labute approximate surface area is 114 Å². The van der Waals surface area contributed by atoms with Gasteiger partial charge in [-0.05, 0) is 44.7 Å². The molecule has 0 aliphatic carbocycles. The molecular formula is C16H22FNO. The zero-order valence-corrected chi connectivity index (χ0v) is 11.5. The Morgan fingerprint density at radius 1 is 1.21 bits per heavy atom. The molecule has 3 rings (SSSR count). The zero-order chi connectivity index (χ0) is 13.2. The van der Waals surface area contributed by atoms with Gasteiger partial charge in [0.1, 0.15) is 5.82 Å². The summed E-state index contributed by atoms with van der Waals surface area (Å²) >= 11 is 0. The molecule has 0 spiro atoms. The molecule has 2 aliphatic heterocycles. The first-order valence-corrected chi connectivity index (χ1v) is 7.27. The van der Waals surface area contributed by atoms with E-state index in [9.17, 15) is 4.39 Å². The van der Waals surface area contributed by atoms with Crippen LogP contribution in [0.3, 0.4) is 0 Å². The summed E-state index contributed by atoms with van der Waals surface area (Å²) in [4.78, 5) is 2.54. The summed E-state index contributed by atoms with van der Waals surface area (Å²) in [6.07, 6.45) is 5.16. The molecule has 0 radical (unpaired) electrons. The first-order chi connectivity index (χ1) is 9.24. The van der Waals surface area contributed by atoms with Gasteiger partial charge < -0.3 is 9.64 Å². The number of halogens is 1. The van der Waals surface area contributed by atoms with Crippen molar-refractivity contribution in [2.24, 2.45) is 5.92 Å².